The second-order valence-electron chi connectivity index (χ2n) is 10.7. The number of furan rings is 1. The summed E-state index contributed by atoms with van der Waals surface area (Å²) in [5.41, 5.74) is 1.97. The molecule has 0 spiro atoms. The average molecular weight is 626 g/mol. The summed E-state index contributed by atoms with van der Waals surface area (Å²) in [7, 11) is -0.939. The Labute approximate surface area is 254 Å². The quantitative estimate of drug-likeness (QED) is 0.225. The van der Waals surface area contributed by atoms with E-state index in [0.717, 1.165) is 23.4 Å². The molecule has 0 aliphatic heterocycles. The molecule has 12 heteroatoms. The molecule has 0 saturated heterocycles. The average Bonchev–Trinajstić information content (AvgIpc) is 3.79. The summed E-state index contributed by atoms with van der Waals surface area (Å²) in [4.78, 5) is 26.5. The number of benzene rings is 3. The molecule has 232 valence electrons. The number of carbonyl (C=O) groups is 2. The van der Waals surface area contributed by atoms with Crippen molar-refractivity contribution in [2.24, 2.45) is 5.92 Å². The van der Waals surface area contributed by atoms with Gasteiger partial charge in [0.2, 0.25) is 10.0 Å². The van der Waals surface area contributed by atoms with Gasteiger partial charge in [0.15, 0.2) is 0 Å². The number of ether oxygens (including phenoxy) is 1. The fourth-order valence-electron chi connectivity index (χ4n) is 5.32. The van der Waals surface area contributed by atoms with Crippen LogP contribution in [-0.2, 0) is 14.8 Å². The molecule has 3 aromatic carbocycles. The monoisotopic (exact) mass is 625 g/mol. The highest BCUT2D eigenvalue weighted by molar-refractivity contribution is 7.92. The number of carbonyl (C=O) groups excluding carboxylic acids is 2. The minimum atomic E-state index is -3.97. The van der Waals surface area contributed by atoms with Gasteiger partial charge >= 0.3 is 0 Å². The third kappa shape index (κ3) is 6.46. The number of rotatable bonds is 12. The summed E-state index contributed by atoms with van der Waals surface area (Å²) in [5, 5.41) is 5.97. The molecular weight excluding hydrogens is 592 g/mol. The van der Waals surface area contributed by atoms with E-state index in [1.807, 2.05) is 0 Å². The number of hydrogen-bond acceptors (Lipinski definition) is 6. The molecule has 0 unspecified atom stereocenters. The third-order valence-electron chi connectivity index (χ3n) is 7.61. The molecule has 1 fully saturated rings. The zero-order chi connectivity index (χ0) is 31.6. The fraction of sp³-hybridized carbons (Fsp3) is 0.312. The van der Waals surface area contributed by atoms with Crippen molar-refractivity contribution in [1.29, 1.82) is 0 Å². The topological polar surface area (TPSA) is 118 Å². The van der Waals surface area contributed by atoms with E-state index in [-0.39, 0.29) is 34.5 Å². The number of sulfonamides is 1. The van der Waals surface area contributed by atoms with Gasteiger partial charge in [-0.05, 0) is 66.8 Å². The van der Waals surface area contributed by atoms with E-state index in [0.29, 0.717) is 40.2 Å². The van der Waals surface area contributed by atoms with Crippen LogP contribution in [0.1, 0.15) is 33.6 Å². The number of nitrogens with one attached hydrogen (secondary N) is 2. The van der Waals surface area contributed by atoms with Crippen LogP contribution in [0.15, 0.2) is 65.1 Å². The highest BCUT2D eigenvalue weighted by atomic mass is 32.2. The molecule has 1 aliphatic rings. The highest BCUT2D eigenvalue weighted by Gasteiger charge is 2.33. The van der Waals surface area contributed by atoms with Crippen molar-refractivity contribution in [1.82, 2.24) is 10.6 Å². The molecule has 4 aromatic rings. The van der Waals surface area contributed by atoms with Crippen LogP contribution in [0.4, 0.5) is 14.5 Å². The van der Waals surface area contributed by atoms with Gasteiger partial charge in [-0.25, -0.2) is 17.2 Å². The molecule has 44 heavy (non-hydrogen) atoms. The Hall–Kier alpha value is -4.29. The van der Waals surface area contributed by atoms with Gasteiger partial charge in [0.05, 0.1) is 36.7 Å². The molecule has 9 nitrogen and oxygen atoms in total. The van der Waals surface area contributed by atoms with Gasteiger partial charge in [-0.2, -0.15) is 0 Å². The standard InChI is InChI=1S/C32H33F2N3O6S/c1-35-32(39)29-25-16-24(21-5-4-6-22(15-21)31(38)36-26(18-42-2)19-7-8-19)27(37(14-13-33)44(3,40)41)17-28(25)43-30(29)20-9-11-23(34)12-10-20/h4-6,9-12,15-17,19,26H,7-8,13-14,18H2,1-3H3,(H,35,39)(H,36,38)/t26-/m1/s1. The zero-order valence-corrected chi connectivity index (χ0v) is 25.3. The maximum Gasteiger partial charge on any atom is 0.255 e. The minimum Gasteiger partial charge on any atom is -0.455 e. The van der Waals surface area contributed by atoms with Crippen molar-refractivity contribution in [3.8, 4) is 22.5 Å². The van der Waals surface area contributed by atoms with Gasteiger partial charge in [-0.1, -0.05) is 12.1 Å². The number of fused-ring (bicyclic) bond motifs is 1. The molecule has 1 atom stereocenters. The van der Waals surface area contributed by atoms with Gasteiger partial charge in [-0.15, -0.1) is 0 Å². The largest absolute Gasteiger partial charge is 0.455 e. The number of amides is 2. The first-order valence-corrected chi connectivity index (χ1v) is 15.9. The smallest absolute Gasteiger partial charge is 0.255 e. The summed E-state index contributed by atoms with van der Waals surface area (Å²) < 4.78 is 65.5. The summed E-state index contributed by atoms with van der Waals surface area (Å²) in [6, 6.07) is 14.9. The normalized spacial score (nSPS) is 13.9. The van der Waals surface area contributed by atoms with E-state index in [1.165, 1.54) is 37.4 Å². The molecule has 2 amide bonds. The first-order valence-electron chi connectivity index (χ1n) is 14.1. The predicted octanol–water partition coefficient (Wildman–Crippen LogP) is 5.16. The van der Waals surface area contributed by atoms with Crippen LogP contribution in [-0.4, -0.2) is 66.5 Å². The summed E-state index contributed by atoms with van der Waals surface area (Å²) in [5.74, 6) is -0.778. The minimum absolute atomic E-state index is 0.105. The lowest BCUT2D eigenvalue weighted by Gasteiger charge is -2.24. The second-order valence-corrected chi connectivity index (χ2v) is 12.6. The van der Waals surface area contributed by atoms with E-state index in [4.69, 9.17) is 9.15 Å². The number of hydrogen-bond donors (Lipinski definition) is 2. The van der Waals surface area contributed by atoms with Crippen LogP contribution in [0.5, 0.6) is 0 Å². The van der Waals surface area contributed by atoms with Crippen LogP contribution in [0, 0.1) is 11.7 Å². The van der Waals surface area contributed by atoms with E-state index < -0.39 is 35.0 Å². The highest BCUT2D eigenvalue weighted by Crippen LogP contribution is 2.42. The molecule has 1 saturated carbocycles. The van der Waals surface area contributed by atoms with Crippen LogP contribution in [0.2, 0.25) is 0 Å². The number of methoxy groups -OCH3 is 1. The molecule has 0 bridgehead atoms. The van der Waals surface area contributed by atoms with Crippen molar-refractivity contribution in [2.45, 2.75) is 18.9 Å². The molecule has 0 radical (unpaired) electrons. The van der Waals surface area contributed by atoms with Crippen molar-refractivity contribution in [3.05, 3.63) is 77.6 Å². The number of nitrogens with zero attached hydrogens (tertiary/aromatic N) is 1. The predicted molar refractivity (Wildman–Crippen MR) is 164 cm³/mol. The van der Waals surface area contributed by atoms with Crippen molar-refractivity contribution in [3.63, 3.8) is 0 Å². The number of halogens is 2. The first-order chi connectivity index (χ1) is 21.0. The van der Waals surface area contributed by atoms with E-state index in [2.05, 4.69) is 10.6 Å². The third-order valence-corrected chi connectivity index (χ3v) is 8.79. The lowest BCUT2D eigenvalue weighted by atomic mass is 9.97. The van der Waals surface area contributed by atoms with Crippen LogP contribution >= 0.6 is 0 Å². The fourth-order valence-corrected chi connectivity index (χ4v) is 6.23. The maximum atomic E-state index is 13.7. The Morgan fingerprint density at radius 3 is 2.41 bits per heavy atom. The zero-order valence-electron chi connectivity index (χ0n) is 24.5. The lowest BCUT2D eigenvalue weighted by molar-refractivity contribution is 0.0883. The summed E-state index contributed by atoms with van der Waals surface area (Å²) in [6.07, 6.45) is 2.98. The SMILES string of the molecule is CNC(=O)c1c(-c2ccc(F)cc2)oc2cc(N(CCF)S(C)(=O)=O)c(-c3cccc(C(=O)N[C@H](COC)C4CC4)c3)cc12. The maximum absolute atomic E-state index is 13.7. The first kappa shape index (κ1) is 31.1. The van der Waals surface area contributed by atoms with Gasteiger partial charge in [0.1, 0.15) is 23.8 Å². The number of alkyl halides is 1. The summed E-state index contributed by atoms with van der Waals surface area (Å²) in [6.45, 7) is -1.05. The molecular formula is C32H33F2N3O6S. The lowest BCUT2D eigenvalue weighted by Crippen LogP contribution is -2.39. The molecule has 1 aromatic heterocycles. The molecule has 1 aliphatic carbocycles. The van der Waals surface area contributed by atoms with Gasteiger partial charge < -0.3 is 19.8 Å². The molecule has 1 heterocycles. The van der Waals surface area contributed by atoms with E-state index >= 15 is 0 Å². The Bertz CT molecular complexity index is 1800. The second kappa shape index (κ2) is 12.7. The molecule has 5 rings (SSSR count). The van der Waals surface area contributed by atoms with Crippen molar-refractivity contribution < 1.29 is 35.9 Å². The Kier molecular flexibility index (Phi) is 9.02. The van der Waals surface area contributed by atoms with Crippen LogP contribution in [0.25, 0.3) is 33.4 Å². The van der Waals surface area contributed by atoms with E-state index in [1.54, 1.807) is 37.4 Å². The van der Waals surface area contributed by atoms with Crippen molar-refractivity contribution >= 4 is 38.5 Å². The van der Waals surface area contributed by atoms with Gasteiger partial charge in [-0.3, -0.25) is 13.9 Å². The van der Waals surface area contributed by atoms with Gasteiger partial charge in [0.25, 0.3) is 11.8 Å². The Morgan fingerprint density at radius 2 is 1.80 bits per heavy atom. The van der Waals surface area contributed by atoms with E-state index in [9.17, 15) is 26.8 Å². The van der Waals surface area contributed by atoms with Gasteiger partial charge in [0, 0.05) is 42.3 Å². The van der Waals surface area contributed by atoms with Crippen LogP contribution < -0.4 is 14.9 Å². The number of anilines is 1. The Morgan fingerprint density at radius 1 is 1.07 bits per heavy atom. The van der Waals surface area contributed by atoms with Crippen molar-refractivity contribution in [2.75, 3.05) is 44.5 Å². The van der Waals surface area contributed by atoms with Crippen LogP contribution in [0.3, 0.4) is 0 Å². The molecule has 2 N–H and O–H groups in total. The Balaban J connectivity index is 1.71. The summed E-state index contributed by atoms with van der Waals surface area (Å²) >= 11 is 0.